The molecular weight excluding hydrogens is 223 g/mol. The molecule has 1 unspecified atom stereocenters. The van der Waals surface area contributed by atoms with E-state index in [4.69, 9.17) is 0 Å². The van der Waals surface area contributed by atoms with E-state index in [0.717, 1.165) is 19.2 Å². The van der Waals surface area contributed by atoms with Crippen molar-refractivity contribution in [2.75, 3.05) is 6.54 Å². The lowest BCUT2D eigenvalue weighted by molar-refractivity contribution is -0.148. The summed E-state index contributed by atoms with van der Waals surface area (Å²) in [5.41, 5.74) is -0.133. The van der Waals surface area contributed by atoms with Gasteiger partial charge in [0.05, 0.1) is 6.20 Å². The van der Waals surface area contributed by atoms with Gasteiger partial charge in [0.2, 0.25) is 0 Å². The number of halogens is 1. The first-order valence-electron chi connectivity index (χ1n) is 5.60. The lowest BCUT2D eigenvalue weighted by Crippen LogP contribution is -2.47. The van der Waals surface area contributed by atoms with E-state index in [1.54, 1.807) is 13.1 Å². The zero-order valence-electron chi connectivity index (χ0n) is 9.69. The number of likely N-dealkylation sites (tertiary alicyclic amines) is 1. The second kappa shape index (κ2) is 4.41. The van der Waals surface area contributed by atoms with Crippen molar-refractivity contribution in [1.82, 2.24) is 9.88 Å². The van der Waals surface area contributed by atoms with Crippen LogP contribution in [0.1, 0.15) is 25.3 Å². The van der Waals surface area contributed by atoms with Crippen molar-refractivity contribution >= 4 is 5.97 Å². The van der Waals surface area contributed by atoms with Gasteiger partial charge in [0.15, 0.2) is 0 Å². The Hall–Kier alpha value is -1.49. The van der Waals surface area contributed by atoms with Gasteiger partial charge in [-0.25, -0.2) is 4.39 Å². The smallest absolute Gasteiger partial charge is 0.323 e. The van der Waals surface area contributed by atoms with E-state index in [0.29, 0.717) is 18.5 Å². The third-order valence-electron chi connectivity index (χ3n) is 3.39. The lowest BCUT2D eigenvalue weighted by atomic mass is 9.99. The van der Waals surface area contributed by atoms with Crippen molar-refractivity contribution in [3.8, 4) is 0 Å². The molecule has 1 N–H and O–H groups in total. The minimum absolute atomic E-state index is 0.390. The second-order valence-electron chi connectivity index (χ2n) is 4.62. The molecule has 1 aromatic heterocycles. The predicted octanol–water partition coefficient (Wildman–Crippen LogP) is 1.66. The van der Waals surface area contributed by atoms with Gasteiger partial charge < -0.3 is 5.11 Å². The number of carboxylic acid groups (broad SMARTS) is 1. The Balaban J connectivity index is 2.16. The van der Waals surface area contributed by atoms with Gasteiger partial charge in [0.25, 0.3) is 0 Å². The molecule has 4 nitrogen and oxygen atoms in total. The number of carboxylic acids is 1. The number of rotatable bonds is 3. The fourth-order valence-electron chi connectivity index (χ4n) is 2.28. The molecule has 0 radical (unpaired) electrons. The Labute approximate surface area is 99.1 Å². The van der Waals surface area contributed by atoms with Crippen molar-refractivity contribution in [2.24, 2.45) is 0 Å². The number of carbonyl (C=O) groups is 1. The molecule has 0 aliphatic carbocycles. The number of aromatic nitrogens is 1. The van der Waals surface area contributed by atoms with Crippen molar-refractivity contribution in [3.05, 3.63) is 29.8 Å². The molecule has 2 heterocycles. The molecule has 17 heavy (non-hydrogen) atoms. The van der Waals surface area contributed by atoms with Crippen molar-refractivity contribution in [1.29, 1.82) is 0 Å². The third kappa shape index (κ3) is 2.29. The lowest BCUT2D eigenvalue weighted by Gasteiger charge is -2.30. The van der Waals surface area contributed by atoms with Crippen LogP contribution in [-0.2, 0) is 11.3 Å². The van der Waals surface area contributed by atoms with Gasteiger partial charge >= 0.3 is 5.97 Å². The minimum Gasteiger partial charge on any atom is -0.480 e. The van der Waals surface area contributed by atoms with E-state index < -0.39 is 17.3 Å². The van der Waals surface area contributed by atoms with Crippen LogP contribution < -0.4 is 0 Å². The maximum absolute atomic E-state index is 13.0. The highest BCUT2D eigenvalue weighted by Crippen LogP contribution is 2.30. The van der Waals surface area contributed by atoms with Crippen LogP contribution >= 0.6 is 0 Å². The van der Waals surface area contributed by atoms with E-state index in [-0.39, 0.29) is 0 Å². The second-order valence-corrected chi connectivity index (χ2v) is 4.62. The molecular formula is C12H15FN2O2. The fraction of sp³-hybridized carbons (Fsp3) is 0.500. The Kier molecular flexibility index (Phi) is 3.11. The first kappa shape index (κ1) is 12.0. The average molecular weight is 238 g/mol. The topological polar surface area (TPSA) is 53.4 Å². The van der Waals surface area contributed by atoms with Crippen LogP contribution in [0.2, 0.25) is 0 Å². The zero-order valence-corrected chi connectivity index (χ0v) is 9.69. The number of aliphatic carboxylic acids is 1. The maximum atomic E-state index is 13.0. The molecule has 1 aliphatic heterocycles. The summed E-state index contributed by atoms with van der Waals surface area (Å²) in [4.78, 5) is 16.9. The Morgan fingerprint density at radius 1 is 1.65 bits per heavy atom. The summed E-state index contributed by atoms with van der Waals surface area (Å²) in [6.45, 7) is 2.86. The zero-order chi connectivity index (χ0) is 12.5. The highest BCUT2D eigenvalue weighted by molar-refractivity contribution is 5.78. The van der Waals surface area contributed by atoms with Crippen LogP contribution in [0.25, 0.3) is 0 Å². The van der Waals surface area contributed by atoms with Gasteiger partial charge in [0.1, 0.15) is 11.4 Å². The van der Waals surface area contributed by atoms with Gasteiger partial charge in [-0.1, -0.05) is 0 Å². The standard InChI is InChI=1S/C12H15FN2O2/c1-12(11(16)17)3-2-4-15(12)8-9-5-10(13)7-14-6-9/h5-7H,2-4,8H2,1H3,(H,16,17). The van der Waals surface area contributed by atoms with Crippen molar-refractivity contribution in [3.63, 3.8) is 0 Å². The van der Waals surface area contributed by atoms with Crippen LogP contribution in [0.5, 0.6) is 0 Å². The average Bonchev–Trinajstić information content (AvgIpc) is 2.62. The summed E-state index contributed by atoms with van der Waals surface area (Å²) < 4.78 is 13.0. The van der Waals surface area contributed by atoms with Gasteiger partial charge in [0, 0.05) is 12.7 Å². The molecule has 5 heteroatoms. The molecule has 1 fully saturated rings. The summed E-state index contributed by atoms with van der Waals surface area (Å²) >= 11 is 0. The number of hydrogen-bond donors (Lipinski definition) is 1. The third-order valence-corrected chi connectivity index (χ3v) is 3.39. The molecule has 0 bridgehead atoms. The molecule has 2 rings (SSSR count). The van der Waals surface area contributed by atoms with E-state index >= 15 is 0 Å². The SMILES string of the molecule is CC1(C(=O)O)CCCN1Cc1cncc(F)c1. The van der Waals surface area contributed by atoms with Crippen LogP contribution in [0, 0.1) is 5.82 Å². The first-order valence-corrected chi connectivity index (χ1v) is 5.60. The molecule has 0 aromatic carbocycles. The molecule has 1 saturated heterocycles. The van der Waals surface area contributed by atoms with Crippen LogP contribution in [0.4, 0.5) is 4.39 Å². The molecule has 92 valence electrons. The molecule has 0 spiro atoms. The summed E-state index contributed by atoms with van der Waals surface area (Å²) in [6, 6.07) is 1.40. The summed E-state index contributed by atoms with van der Waals surface area (Å²) in [6.07, 6.45) is 4.20. The molecule has 1 atom stereocenters. The normalized spacial score (nSPS) is 25.1. The van der Waals surface area contributed by atoms with Crippen molar-refractivity contribution < 1.29 is 14.3 Å². The van der Waals surface area contributed by atoms with Crippen molar-refractivity contribution in [2.45, 2.75) is 31.8 Å². The summed E-state index contributed by atoms with van der Waals surface area (Å²) in [5, 5.41) is 9.24. The number of hydrogen-bond acceptors (Lipinski definition) is 3. The number of pyridine rings is 1. The molecule has 1 aromatic rings. The van der Waals surface area contributed by atoms with Crippen LogP contribution in [0.15, 0.2) is 18.5 Å². The van der Waals surface area contributed by atoms with E-state index in [1.807, 2.05) is 4.90 Å². The largest absolute Gasteiger partial charge is 0.480 e. The maximum Gasteiger partial charge on any atom is 0.323 e. The van der Waals surface area contributed by atoms with E-state index in [2.05, 4.69) is 4.98 Å². The van der Waals surface area contributed by atoms with Gasteiger partial charge in [-0.3, -0.25) is 14.7 Å². The molecule has 1 aliphatic rings. The first-order chi connectivity index (χ1) is 8.02. The summed E-state index contributed by atoms with van der Waals surface area (Å²) in [5.74, 6) is -1.21. The molecule has 0 saturated carbocycles. The fourth-order valence-corrected chi connectivity index (χ4v) is 2.28. The molecule has 0 amide bonds. The minimum atomic E-state index is -0.841. The monoisotopic (exact) mass is 238 g/mol. The Morgan fingerprint density at radius 3 is 3.06 bits per heavy atom. The van der Waals surface area contributed by atoms with E-state index in [9.17, 15) is 14.3 Å². The quantitative estimate of drug-likeness (QED) is 0.870. The van der Waals surface area contributed by atoms with Gasteiger partial charge in [-0.15, -0.1) is 0 Å². The van der Waals surface area contributed by atoms with Gasteiger partial charge in [-0.2, -0.15) is 0 Å². The highest BCUT2D eigenvalue weighted by Gasteiger charge is 2.43. The van der Waals surface area contributed by atoms with Crippen LogP contribution in [-0.4, -0.2) is 33.0 Å². The Bertz CT molecular complexity index is 438. The predicted molar refractivity (Wildman–Crippen MR) is 59.9 cm³/mol. The van der Waals surface area contributed by atoms with Crippen LogP contribution in [0.3, 0.4) is 0 Å². The van der Waals surface area contributed by atoms with Gasteiger partial charge in [-0.05, 0) is 37.9 Å². The highest BCUT2D eigenvalue weighted by atomic mass is 19.1. The number of nitrogens with zero attached hydrogens (tertiary/aromatic N) is 2. The summed E-state index contributed by atoms with van der Waals surface area (Å²) in [7, 11) is 0. The Morgan fingerprint density at radius 2 is 2.41 bits per heavy atom. The van der Waals surface area contributed by atoms with E-state index in [1.165, 1.54) is 6.07 Å².